The first-order valence-electron chi connectivity index (χ1n) is 7.31. The third kappa shape index (κ3) is 2.89. The van der Waals surface area contributed by atoms with Crippen LogP contribution < -0.4 is 0 Å². The van der Waals surface area contributed by atoms with Gasteiger partial charge in [0.05, 0.1) is 21.5 Å². The van der Waals surface area contributed by atoms with E-state index in [9.17, 15) is 5.11 Å². The van der Waals surface area contributed by atoms with Gasteiger partial charge < -0.3 is 5.11 Å². The summed E-state index contributed by atoms with van der Waals surface area (Å²) < 4.78 is 3.08. The lowest BCUT2D eigenvalue weighted by Gasteiger charge is -2.41. The third-order valence-electron chi connectivity index (χ3n) is 4.67. The number of hydrogen-bond acceptors (Lipinski definition) is 2. The van der Waals surface area contributed by atoms with Crippen molar-refractivity contribution in [3.05, 3.63) is 15.9 Å². The zero-order valence-corrected chi connectivity index (χ0v) is 14.0. The van der Waals surface area contributed by atoms with E-state index in [4.69, 9.17) is 0 Å². The van der Waals surface area contributed by atoms with Crippen molar-refractivity contribution in [3.8, 4) is 0 Å². The number of rotatable bonds is 3. The highest BCUT2D eigenvalue weighted by molar-refractivity contribution is 9.10. The van der Waals surface area contributed by atoms with Crippen LogP contribution >= 0.6 is 15.9 Å². The van der Waals surface area contributed by atoms with Crippen molar-refractivity contribution in [1.29, 1.82) is 0 Å². The van der Waals surface area contributed by atoms with Crippen molar-refractivity contribution < 1.29 is 5.11 Å². The first-order chi connectivity index (χ1) is 8.87. The lowest BCUT2D eigenvalue weighted by molar-refractivity contribution is -0.0536. The fourth-order valence-electron chi connectivity index (χ4n) is 3.27. The molecule has 1 aromatic heterocycles. The molecule has 108 valence electrons. The van der Waals surface area contributed by atoms with E-state index in [0.29, 0.717) is 12.3 Å². The lowest BCUT2D eigenvalue weighted by atomic mass is 9.70. The smallest absolute Gasteiger partial charge is 0.0738 e. The third-order valence-corrected chi connectivity index (χ3v) is 5.70. The molecule has 19 heavy (non-hydrogen) atoms. The highest BCUT2D eigenvalue weighted by Gasteiger charge is 2.39. The van der Waals surface area contributed by atoms with Crippen LogP contribution in [0.2, 0.25) is 0 Å². The minimum absolute atomic E-state index is 0.351. The van der Waals surface area contributed by atoms with Crippen LogP contribution in [0.3, 0.4) is 0 Å². The van der Waals surface area contributed by atoms with Crippen molar-refractivity contribution in [2.24, 2.45) is 11.8 Å². The van der Waals surface area contributed by atoms with E-state index in [-0.39, 0.29) is 0 Å². The molecule has 3 atom stereocenters. The van der Waals surface area contributed by atoms with Gasteiger partial charge in [-0.05, 0) is 60.9 Å². The molecule has 3 unspecified atom stereocenters. The minimum atomic E-state index is -0.575. The maximum Gasteiger partial charge on any atom is 0.0738 e. The zero-order valence-electron chi connectivity index (χ0n) is 12.4. The van der Waals surface area contributed by atoms with Gasteiger partial charge in [-0.3, -0.25) is 4.68 Å². The number of halogens is 1. The van der Waals surface area contributed by atoms with Gasteiger partial charge in [0, 0.05) is 13.0 Å². The maximum absolute atomic E-state index is 11.0. The first-order valence-corrected chi connectivity index (χ1v) is 8.10. The van der Waals surface area contributed by atoms with Crippen molar-refractivity contribution >= 4 is 15.9 Å². The zero-order chi connectivity index (χ0) is 14.2. The van der Waals surface area contributed by atoms with Gasteiger partial charge in [0.25, 0.3) is 0 Å². The molecule has 2 rings (SSSR count). The molecule has 1 aliphatic rings. The number of aromatic nitrogens is 2. The van der Waals surface area contributed by atoms with Gasteiger partial charge in [0.2, 0.25) is 0 Å². The molecule has 0 aliphatic heterocycles. The first kappa shape index (κ1) is 15.0. The van der Waals surface area contributed by atoms with Gasteiger partial charge in [0.15, 0.2) is 0 Å². The Kier molecular flexibility index (Phi) is 4.41. The monoisotopic (exact) mass is 328 g/mol. The van der Waals surface area contributed by atoms with Crippen LogP contribution in [0.15, 0.2) is 4.47 Å². The molecule has 0 saturated heterocycles. The molecule has 1 aromatic rings. The molecule has 1 aliphatic carbocycles. The Bertz CT molecular complexity index is 457. The summed E-state index contributed by atoms with van der Waals surface area (Å²) in [6, 6.07) is 0. The summed E-state index contributed by atoms with van der Waals surface area (Å²) in [6.45, 7) is 9.42. The van der Waals surface area contributed by atoms with Gasteiger partial charge in [0.1, 0.15) is 0 Å². The average molecular weight is 329 g/mol. The summed E-state index contributed by atoms with van der Waals surface area (Å²) >= 11 is 3.63. The summed E-state index contributed by atoms with van der Waals surface area (Å²) in [4.78, 5) is 0. The highest BCUT2D eigenvalue weighted by Crippen LogP contribution is 2.40. The Hall–Kier alpha value is -0.350. The number of aryl methyl sites for hydroxylation is 2. The van der Waals surface area contributed by atoms with Crippen LogP contribution in [-0.2, 0) is 13.0 Å². The molecule has 1 heterocycles. The van der Waals surface area contributed by atoms with Crippen LogP contribution in [-0.4, -0.2) is 20.5 Å². The van der Waals surface area contributed by atoms with E-state index in [1.807, 2.05) is 11.6 Å². The molecule has 0 amide bonds. The molecular weight excluding hydrogens is 304 g/mol. The second-order valence-corrected chi connectivity index (χ2v) is 7.02. The summed E-state index contributed by atoms with van der Waals surface area (Å²) in [7, 11) is 0. The minimum Gasteiger partial charge on any atom is -0.389 e. The highest BCUT2D eigenvalue weighted by atomic mass is 79.9. The van der Waals surface area contributed by atoms with Gasteiger partial charge >= 0.3 is 0 Å². The molecule has 0 spiro atoms. The Morgan fingerprint density at radius 3 is 2.74 bits per heavy atom. The molecule has 0 radical (unpaired) electrons. The molecule has 1 saturated carbocycles. The SMILES string of the molecule is CCn1nc(C)c(Br)c1CC1(O)CCC(C)CC1C. The Balaban J connectivity index is 2.25. The van der Waals surface area contributed by atoms with Crippen molar-refractivity contribution in [2.45, 2.75) is 65.5 Å². The Morgan fingerprint density at radius 1 is 1.47 bits per heavy atom. The van der Waals surface area contributed by atoms with Crippen molar-refractivity contribution in [1.82, 2.24) is 9.78 Å². The molecule has 1 N–H and O–H groups in total. The summed E-state index contributed by atoms with van der Waals surface area (Å²) in [5.41, 5.74) is 1.58. The standard InChI is InChI=1S/C15H25BrN2O/c1-5-18-13(14(16)12(4)17-18)9-15(19)7-6-10(2)8-11(15)3/h10-11,19H,5-9H2,1-4H3. The molecule has 0 aromatic carbocycles. The van der Waals surface area contributed by atoms with Gasteiger partial charge in [-0.2, -0.15) is 5.10 Å². The second kappa shape index (κ2) is 5.57. The van der Waals surface area contributed by atoms with Gasteiger partial charge in [-0.25, -0.2) is 0 Å². The maximum atomic E-state index is 11.0. The summed E-state index contributed by atoms with van der Waals surface area (Å²) in [5.74, 6) is 1.08. The van der Waals surface area contributed by atoms with E-state index in [1.165, 1.54) is 0 Å². The quantitative estimate of drug-likeness (QED) is 0.918. The second-order valence-electron chi connectivity index (χ2n) is 6.22. The molecule has 0 bridgehead atoms. The van der Waals surface area contributed by atoms with Gasteiger partial charge in [-0.15, -0.1) is 0 Å². The number of aliphatic hydroxyl groups is 1. The van der Waals surface area contributed by atoms with E-state index >= 15 is 0 Å². The van der Waals surface area contributed by atoms with Crippen LogP contribution in [0.25, 0.3) is 0 Å². The predicted molar refractivity (Wildman–Crippen MR) is 81.2 cm³/mol. The van der Waals surface area contributed by atoms with Crippen LogP contribution in [0.4, 0.5) is 0 Å². The van der Waals surface area contributed by atoms with E-state index in [0.717, 1.165) is 47.6 Å². The fraction of sp³-hybridized carbons (Fsp3) is 0.800. The predicted octanol–water partition coefficient (Wildman–Crippen LogP) is 3.70. The topological polar surface area (TPSA) is 38.0 Å². The number of hydrogen-bond donors (Lipinski definition) is 1. The van der Waals surface area contributed by atoms with E-state index in [2.05, 4.69) is 41.8 Å². The average Bonchev–Trinajstić information content (AvgIpc) is 2.62. The van der Waals surface area contributed by atoms with E-state index < -0.39 is 5.60 Å². The molecule has 4 heteroatoms. The van der Waals surface area contributed by atoms with Crippen molar-refractivity contribution in [3.63, 3.8) is 0 Å². The summed E-state index contributed by atoms with van der Waals surface area (Å²) in [6.07, 6.45) is 3.84. The Labute approximate surface area is 124 Å². The Morgan fingerprint density at radius 2 is 2.16 bits per heavy atom. The normalized spacial score (nSPS) is 31.7. The van der Waals surface area contributed by atoms with Crippen LogP contribution in [0.5, 0.6) is 0 Å². The van der Waals surface area contributed by atoms with Crippen molar-refractivity contribution in [2.75, 3.05) is 0 Å². The fourth-order valence-corrected chi connectivity index (χ4v) is 3.70. The molecular formula is C15H25BrN2O. The summed E-state index contributed by atoms with van der Waals surface area (Å²) in [5, 5.41) is 15.5. The molecule has 3 nitrogen and oxygen atoms in total. The van der Waals surface area contributed by atoms with Crippen LogP contribution in [0.1, 0.15) is 51.4 Å². The van der Waals surface area contributed by atoms with Crippen LogP contribution in [0, 0.1) is 18.8 Å². The lowest BCUT2D eigenvalue weighted by Crippen LogP contribution is -2.43. The van der Waals surface area contributed by atoms with Gasteiger partial charge in [-0.1, -0.05) is 13.8 Å². The largest absolute Gasteiger partial charge is 0.389 e. The van der Waals surface area contributed by atoms with E-state index in [1.54, 1.807) is 0 Å². The number of nitrogens with zero attached hydrogens (tertiary/aromatic N) is 2. The molecule has 1 fully saturated rings.